The smallest absolute Gasteiger partial charge is 0.222 e. The van der Waals surface area contributed by atoms with E-state index in [9.17, 15) is 8.42 Å². The minimum Gasteiger partial charge on any atom is -0.285 e. The van der Waals surface area contributed by atoms with Gasteiger partial charge < -0.3 is 0 Å². The fourth-order valence-electron chi connectivity index (χ4n) is 1.06. The van der Waals surface area contributed by atoms with Gasteiger partial charge in [0.25, 0.3) is 0 Å². The number of benzene rings is 1. The lowest BCUT2D eigenvalue weighted by Crippen LogP contribution is -1.98. The van der Waals surface area contributed by atoms with Gasteiger partial charge in [0.1, 0.15) is 0 Å². The van der Waals surface area contributed by atoms with Gasteiger partial charge in [0.15, 0.2) is 0 Å². The molecule has 0 bridgehead atoms. The van der Waals surface area contributed by atoms with E-state index in [4.69, 9.17) is 0 Å². The second kappa shape index (κ2) is 4.67. The van der Waals surface area contributed by atoms with Crippen LogP contribution >= 0.6 is 0 Å². The van der Waals surface area contributed by atoms with Gasteiger partial charge >= 0.3 is 0 Å². The van der Waals surface area contributed by atoms with Gasteiger partial charge in [-0.3, -0.25) is 4.72 Å². The largest absolute Gasteiger partial charge is 0.285 e. The van der Waals surface area contributed by atoms with E-state index in [0.717, 1.165) is 5.56 Å². The van der Waals surface area contributed by atoms with E-state index in [-0.39, 0.29) is 0 Å². The number of hydrogen-bond donors (Lipinski definition) is 2. The lowest BCUT2D eigenvalue weighted by Gasteiger charge is -2.04. The van der Waals surface area contributed by atoms with Crippen molar-refractivity contribution in [2.24, 2.45) is 0 Å². The van der Waals surface area contributed by atoms with Crippen LogP contribution in [0.1, 0.15) is 5.56 Å². The molecule has 3 nitrogen and oxygen atoms in total. The molecule has 0 aliphatic heterocycles. The maximum atomic E-state index is 10.4. The lowest BCUT2D eigenvalue weighted by atomic mass is 10.1. The first kappa shape index (κ1) is 9.80. The molecule has 1 N–H and O–H groups in total. The number of rotatable bonds is 4. The Morgan fingerprint density at radius 1 is 1.38 bits per heavy atom. The highest BCUT2D eigenvalue weighted by molar-refractivity contribution is 7.73. The third kappa shape index (κ3) is 2.91. The predicted octanol–water partition coefficient (Wildman–Crippen LogP) is 1.35. The van der Waals surface area contributed by atoms with Crippen LogP contribution in [0.3, 0.4) is 0 Å². The van der Waals surface area contributed by atoms with Gasteiger partial charge in [0, 0.05) is 0 Å². The van der Waals surface area contributed by atoms with Crippen LogP contribution in [0.15, 0.2) is 36.9 Å². The van der Waals surface area contributed by atoms with Gasteiger partial charge in [-0.15, -0.1) is 6.58 Å². The van der Waals surface area contributed by atoms with Gasteiger partial charge in [-0.1, -0.05) is 24.3 Å². The second-order valence-electron chi connectivity index (χ2n) is 2.52. The highest BCUT2D eigenvalue weighted by Gasteiger charge is 1.98. The topological polar surface area (TPSA) is 46.2 Å². The summed E-state index contributed by atoms with van der Waals surface area (Å²) in [7, 11) is -2.59. The number of hydrogen-bond acceptors (Lipinski definition) is 2. The first-order chi connectivity index (χ1) is 6.24. The van der Waals surface area contributed by atoms with E-state index < -0.39 is 10.9 Å². The van der Waals surface area contributed by atoms with Crippen LogP contribution < -0.4 is 4.72 Å². The van der Waals surface area contributed by atoms with Gasteiger partial charge in [-0.05, 0) is 18.1 Å². The molecule has 0 amide bonds. The monoisotopic (exact) mass is 197 g/mol. The third-order valence-electron chi connectivity index (χ3n) is 1.59. The summed E-state index contributed by atoms with van der Waals surface area (Å²) in [5.41, 5.74) is 1.55. The summed E-state index contributed by atoms with van der Waals surface area (Å²) >= 11 is 0. The summed E-state index contributed by atoms with van der Waals surface area (Å²) in [6.07, 6.45) is 2.39. The van der Waals surface area contributed by atoms with Crippen LogP contribution in [0.5, 0.6) is 0 Å². The minimum absolute atomic E-state index is 0.624. The van der Waals surface area contributed by atoms with Gasteiger partial charge in [0.05, 0.1) is 5.69 Å². The Labute approximate surface area is 79.2 Å². The summed E-state index contributed by atoms with van der Waals surface area (Å²) in [5, 5.41) is 0. The summed E-state index contributed by atoms with van der Waals surface area (Å²) < 4.78 is 23.2. The van der Waals surface area contributed by atoms with Crippen molar-refractivity contribution < 1.29 is 8.42 Å². The fourth-order valence-corrected chi connectivity index (χ4v) is 1.48. The summed E-state index contributed by atoms with van der Waals surface area (Å²) in [5.74, 6) is 0. The Hall–Kier alpha value is -1.29. The van der Waals surface area contributed by atoms with Crippen molar-refractivity contribution in [1.29, 1.82) is 0 Å². The second-order valence-corrected chi connectivity index (χ2v) is 3.26. The van der Waals surface area contributed by atoms with E-state index in [1.54, 1.807) is 18.2 Å². The average Bonchev–Trinajstić information content (AvgIpc) is 2.08. The molecule has 0 unspecified atom stereocenters. The molecule has 1 aromatic carbocycles. The first-order valence-corrected chi connectivity index (χ1v) is 5.01. The van der Waals surface area contributed by atoms with Crippen LogP contribution in [0.25, 0.3) is 0 Å². The number of anilines is 1. The Morgan fingerprint density at radius 2 is 2.08 bits per heavy atom. The van der Waals surface area contributed by atoms with Crippen molar-refractivity contribution in [2.45, 2.75) is 6.42 Å². The van der Waals surface area contributed by atoms with Crippen molar-refractivity contribution >= 4 is 16.6 Å². The van der Waals surface area contributed by atoms with Crippen molar-refractivity contribution in [1.82, 2.24) is 0 Å². The van der Waals surface area contributed by atoms with E-state index >= 15 is 0 Å². The van der Waals surface area contributed by atoms with E-state index in [2.05, 4.69) is 11.3 Å². The van der Waals surface area contributed by atoms with Crippen molar-refractivity contribution in [3.05, 3.63) is 42.5 Å². The number of nitrogens with one attached hydrogen (secondary N) is 1. The Bertz CT molecular complexity index is 364. The fraction of sp³-hybridized carbons (Fsp3) is 0.111. The van der Waals surface area contributed by atoms with Crippen LogP contribution in [0.2, 0.25) is 0 Å². The first-order valence-electron chi connectivity index (χ1n) is 3.84. The van der Waals surface area contributed by atoms with E-state index in [1.165, 1.54) is 0 Å². The molecule has 70 valence electrons. The molecule has 0 radical (unpaired) electrons. The van der Waals surface area contributed by atoms with Crippen molar-refractivity contribution in [2.75, 3.05) is 4.72 Å². The SMILES string of the molecule is C=CCc1ccccc1N[SH](=O)=O. The maximum absolute atomic E-state index is 10.4. The van der Waals surface area contributed by atoms with Crippen LogP contribution in [0, 0.1) is 0 Å². The van der Waals surface area contributed by atoms with E-state index in [0.29, 0.717) is 12.1 Å². The molecule has 0 saturated heterocycles. The molecular formula is C9H11NO2S. The highest BCUT2D eigenvalue weighted by atomic mass is 32.2. The summed E-state index contributed by atoms with van der Waals surface area (Å²) in [6, 6.07) is 7.24. The zero-order chi connectivity index (χ0) is 9.68. The minimum atomic E-state index is -2.59. The Morgan fingerprint density at radius 3 is 2.69 bits per heavy atom. The molecule has 1 rings (SSSR count). The maximum Gasteiger partial charge on any atom is 0.222 e. The molecule has 0 atom stereocenters. The van der Waals surface area contributed by atoms with E-state index in [1.807, 2.05) is 12.1 Å². The molecule has 0 saturated carbocycles. The molecule has 4 heteroatoms. The molecule has 1 aromatic rings. The molecule has 0 aliphatic carbocycles. The number of thiol groups is 1. The van der Waals surface area contributed by atoms with Crippen molar-refractivity contribution in [3.63, 3.8) is 0 Å². The predicted molar refractivity (Wildman–Crippen MR) is 54.3 cm³/mol. The Balaban J connectivity index is 2.96. The summed E-state index contributed by atoms with van der Waals surface area (Å²) in [6.45, 7) is 3.60. The van der Waals surface area contributed by atoms with Gasteiger partial charge in [0.2, 0.25) is 10.9 Å². The molecule has 0 spiro atoms. The number of para-hydroxylation sites is 1. The van der Waals surface area contributed by atoms with Gasteiger partial charge in [-0.25, -0.2) is 8.42 Å². The van der Waals surface area contributed by atoms with Gasteiger partial charge in [-0.2, -0.15) is 0 Å². The van der Waals surface area contributed by atoms with Crippen LogP contribution in [0.4, 0.5) is 5.69 Å². The summed E-state index contributed by atoms with van der Waals surface area (Å²) in [4.78, 5) is 0. The standard InChI is InChI=1S/C9H11NO2S/c1-2-5-8-6-3-4-7-9(8)10-13(11)12/h2-4,6-7,13H,1,5H2,(H,10,11,12). The highest BCUT2D eigenvalue weighted by Crippen LogP contribution is 2.15. The molecule has 0 aliphatic rings. The molecule has 0 fully saturated rings. The number of allylic oxidation sites excluding steroid dienone is 1. The zero-order valence-electron chi connectivity index (χ0n) is 7.06. The molecular weight excluding hydrogens is 186 g/mol. The Kier molecular flexibility index (Phi) is 3.52. The average molecular weight is 197 g/mol. The van der Waals surface area contributed by atoms with Crippen LogP contribution in [-0.4, -0.2) is 8.42 Å². The molecule has 0 heterocycles. The normalized spacial score (nSPS) is 9.92. The quantitative estimate of drug-likeness (QED) is 0.565. The lowest BCUT2D eigenvalue weighted by molar-refractivity contribution is 0.619. The van der Waals surface area contributed by atoms with Crippen LogP contribution in [-0.2, 0) is 17.3 Å². The zero-order valence-corrected chi connectivity index (χ0v) is 7.96. The molecule has 0 aromatic heterocycles. The third-order valence-corrected chi connectivity index (χ3v) is 2.02. The van der Waals surface area contributed by atoms with Crippen molar-refractivity contribution in [3.8, 4) is 0 Å². The molecule has 13 heavy (non-hydrogen) atoms.